The summed E-state index contributed by atoms with van der Waals surface area (Å²) in [5, 5.41) is 7.18. The lowest BCUT2D eigenvalue weighted by molar-refractivity contribution is -0.121. The molecule has 0 aromatic carbocycles. The second kappa shape index (κ2) is 6.33. The standard InChI is InChI=1S/C12H18BrN3O2/c1-9-11(13)8-16(15-9)5-4-12(17)14-7-10-3-2-6-18-10/h8,10H,2-7H2,1H3,(H,14,17). The van der Waals surface area contributed by atoms with Crippen molar-refractivity contribution in [3.05, 3.63) is 16.4 Å². The van der Waals surface area contributed by atoms with Crippen LogP contribution in [-0.2, 0) is 16.1 Å². The number of rotatable bonds is 5. The third-order valence-corrected chi connectivity index (χ3v) is 3.78. The molecule has 1 aromatic heterocycles. The molecule has 1 aliphatic heterocycles. The minimum absolute atomic E-state index is 0.0507. The Hall–Kier alpha value is -0.880. The highest BCUT2D eigenvalue weighted by Gasteiger charge is 2.16. The van der Waals surface area contributed by atoms with Crippen molar-refractivity contribution < 1.29 is 9.53 Å². The van der Waals surface area contributed by atoms with Crippen LogP contribution in [0.4, 0.5) is 0 Å². The Kier molecular flexibility index (Phi) is 4.77. The molecule has 1 N–H and O–H groups in total. The summed E-state index contributed by atoms with van der Waals surface area (Å²) in [4.78, 5) is 11.6. The zero-order chi connectivity index (χ0) is 13.0. The van der Waals surface area contributed by atoms with Crippen molar-refractivity contribution in [1.82, 2.24) is 15.1 Å². The highest BCUT2D eigenvalue weighted by atomic mass is 79.9. The summed E-state index contributed by atoms with van der Waals surface area (Å²) in [5.74, 6) is 0.0507. The van der Waals surface area contributed by atoms with E-state index >= 15 is 0 Å². The fourth-order valence-electron chi connectivity index (χ4n) is 1.95. The van der Waals surface area contributed by atoms with Crippen LogP contribution < -0.4 is 5.32 Å². The van der Waals surface area contributed by atoms with Crippen LogP contribution in [0.25, 0.3) is 0 Å². The summed E-state index contributed by atoms with van der Waals surface area (Å²) in [7, 11) is 0. The second-order valence-electron chi connectivity index (χ2n) is 4.51. The van der Waals surface area contributed by atoms with Gasteiger partial charge in [0.1, 0.15) is 0 Å². The van der Waals surface area contributed by atoms with E-state index in [0.717, 1.165) is 29.6 Å². The van der Waals surface area contributed by atoms with E-state index in [1.807, 2.05) is 13.1 Å². The molecule has 5 nitrogen and oxygen atoms in total. The lowest BCUT2D eigenvalue weighted by Crippen LogP contribution is -2.32. The minimum Gasteiger partial charge on any atom is -0.376 e. The van der Waals surface area contributed by atoms with E-state index in [9.17, 15) is 4.79 Å². The normalized spacial score (nSPS) is 19.1. The number of amides is 1. The van der Waals surface area contributed by atoms with Gasteiger partial charge in [-0.3, -0.25) is 9.48 Å². The van der Waals surface area contributed by atoms with E-state index in [-0.39, 0.29) is 12.0 Å². The first-order valence-electron chi connectivity index (χ1n) is 6.23. The molecule has 1 aliphatic rings. The van der Waals surface area contributed by atoms with Gasteiger partial charge in [0.2, 0.25) is 5.91 Å². The number of aromatic nitrogens is 2. The van der Waals surface area contributed by atoms with E-state index in [0.29, 0.717) is 19.5 Å². The third kappa shape index (κ3) is 3.81. The lowest BCUT2D eigenvalue weighted by atomic mass is 10.2. The van der Waals surface area contributed by atoms with Gasteiger partial charge in [-0.25, -0.2) is 0 Å². The number of carbonyl (C=O) groups is 1. The van der Waals surface area contributed by atoms with E-state index in [2.05, 4.69) is 26.3 Å². The lowest BCUT2D eigenvalue weighted by Gasteiger charge is -2.10. The molecule has 2 rings (SSSR count). The number of carbonyl (C=O) groups excluding carboxylic acids is 1. The van der Waals surface area contributed by atoms with Crippen LogP contribution in [0.1, 0.15) is 25.0 Å². The summed E-state index contributed by atoms with van der Waals surface area (Å²) >= 11 is 3.40. The fraction of sp³-hybridized carbons (Fsp3) is 0.667. The summed E-state index contributed by atoms with van der Waals surface area (Å²) in [6.45, 7) is 3.98. The van der Waals surface area contributed by atoms with E-state index in [1.54, 1.807) is 4.68 Å². The van der Waals surface area contributed by atoms with Crippen molar-refractivity contribution in [2.45, 2.75) is 38.8 Å². The number of aryl methyl sites for hydroxylation is 2. The largest absolute Gasteiger partial charge is 0.376 e. The zero-order valence-corrected chi connectivity index (χ0v) is 12.1. The molecular formula is C12H18BrN3O2. The third-order valence-electron chi connectivity index (χ3n) is 3.01. The van der Waals surface area contributed by atoms with Crippen LogP contribution in [0, 0.1) is 6.92 Å². The molecule has 1 atom stereocenters. The van der Waals surface area contributed by atoms with E-state index in [1.165, 1.54) is 0 Å². The molecule has 0 saturated carbocycles. The van der Waals surface area contributed by atoms with Crippen LogP contribution in [0.3, 0.4) is 0 Å². The predicted octanol–water partition coefficient (Wildman–Crippen LogP) is 1.64. The van der Waals surface area contributed by atoms with Crippen molar-refractivity contribution in [1.29, 1.82) is 0 Å². The maximum atomic E-state index is 11.6. The average molecular weight is 316 g/mol. The van der Waals surface area contributed by atoms with Gasteiger partial charge in [-0.15, -0.1) is 0 Å². The first-order valence-corrected chi connectivity index (χ1v) is 7.02. The van der Waals surface area contributed by atoms with Crippen molar-refractivity contribution in [3.63, 3.8) is 0 Å². The maximum absolute atomic E-state index is 11.6. The molecule has 0 radical (unpaired) electrons. The second-order valence-corrected chi connectivity index (χ2v) is 5.37. The van der Waals surface area contributed by atoms with Gasteiger partial charge in [0, 0.05) is 32.3 Å². The van der Waals surface area contributed by atoms with E-state index < -0.39 is 0 Å². The van der Waals surface area contributed by atoms with Gasteiger partial charge in [0.15, 0.2) is 0 Å². The molecule has 0 spiro atoms. The average Bonchev–Trinajstić information content (AvgIpc) is 2.95. The molecule has 18 heavy (non-hydrogen) atoms. The molecule has 1 saturated heterocycles. The van der Waals surface area contributed by atoms with Crippen molar-refractivity contribution >= 4 is 21.8 Å². The maximum Gasteiger partial charge on any atom is 0.221 e. The van der Waals surface area contributed by atoms with Crippen LogP contribution in [0.2, 0.25) is 0 Å². The molecular weight excluding hydrogens is 298 g/mol. The summed E-state index contributed by atoms with van der Waals surface area (Å²) in [6, 6.07) is 0. The van der Waals surface area contributed by atoms with Gasteiger partial charge in [0.05, 0.1) is 16.3 Å². The highest BCUT2D eigenvalue weighted by Crippen LogP contribution is 2.13. The number of nitrogens with one attached hydrogen (secondary N) is 1. The summed E-state index contributed by atoms with van der Waals surface area (Å²) in [5.41, 5.74) is 0.940. The number of hydrogen-bond acceptors (Lipinski definition) is 3. The van der Waals surface area contributed by atoms with Crippen LogP contribution in [-0.4, -0.2) is 34.9 Å². The first-order chi connectivity index (χ1) is 8.65. The number of halogens is 1. The molecule has 1 aromatic rings. The smallest absolute Gasteiger partial charge is 0.221 e. The number of nitrogens with zero attached hydrogens (tertiary/aromatic N) is 2. The first kappa shape index (κ1) is 13.5. The van der Waals surface area contributed by atoms with Gasteiger partial charge < -0.3 is 10.1 Å². The molecule has 1 unspecified atom stereocenters. The summed E-state index contributed by atoms with van der Waals surface area (Å²) in [6.07, 6.45) is 4.69. The van der Waals surface area contributed by atoms with E-state index in [4.69, 9.17) is 4.74 Å². The minimum atomic E-state index is 0.0507. The zero-order valence-electron chi connectivity index (χ0n) is 10.5. The Balaban J connectivity index is 1.67. The quantitative estimate of drug-likeness (QED) is 0.898. The molecule has 0 aliphatic carbocycles. The molecule has 6 heteroatoms. The number of hydrogen-bond donors (Lipinski definition) is 1. The highest BCUT2D eigenvalue weighted by molar-refractivity contribution is 9.10. The Morgan fingerprint density at radius 1 is 1.72 bits per heavy atom. The van der Waals surface area contributed by atoms with Crippen LogP contribution >= 0.6 is 15.9 Å². The van der Waals surface area contributed by atoms with Gasteiger partial charge in [-0.1, -0.05) is 0 Å². The van der Waals surface area contributed by atoms with Crippen LogP contribution in [0.15, 0.2) is 10.7 Å². The Morgan fingerprint density at radius 2 is 2.56 bits per heavy atom. The molecule has 2 heterocycles. The van der Waals surface area contributed by atoms with Gasteiger partial charge in [-0.05, 0) is 35.7 Å². The Morgan fingerprint density at radius 3 is 3.17 bits per heavy atom. The SMILES string of the molecule is Cc1nn(CCC(=O)NCC2CCCO2)cc1Br. The molecule has 1 amide bonds. The molecule has 0 bridgehead atoms. The summed E-state index contributed by atoms with van der Waals surface area (Å²) < 4.78 is 8.20. The topological polar surface area (TPSA) is 56.2 Å². The van der Waals surface area contributed by atoms with Crippen molar-refractivity contribution in [2.75, 3.05) is 13.2 Å². The van der Waals surface area contributed by atoms with Gasteiger partial charge in [-0.2, -0.15) is 5.10 Å². The predicted molar refractivity (Wildman–Crippen MR) is 71.3 cm³/mol. The van der Waals surface area contributed by atoms with Gasteiger partial charge in [0.25, 0.3) is 0 Å². The Bertz CT molecular complexity index is 394. The number of ether oxygens (including phenoxy) is 1. The van der Waals surface area contributed by atoms with Crippen molar-refractivity contribution in [3.8, 4) is 0 Å². The fourth-order valence-corrected chi connectivity index (χ4v) is 2.26. The Labute approximate surface area is 115 Å². The van der Waals surface area contributed by atoms with Gasteiger partial charge >= 0.3 is 0 Å². The monoisotopic (exact) mass is 315 g/mol. The molecule has 100 valence electrons. The van der Waals surface area contributed by atoms with Crippen LogP contribution in [0.5, 0.6) is 0 Å². The van der Waals surface area contributed by atoms with Crippen molar-refractivity contribution in [2.24, 2.45) is 0 Å². The molecule has 1 fully saturated rings.